The number of non-ortho nitro benzene ring substituents is 1. The summed E-state index contributed by atoms with van der Waals surface area (Å²) in [5.74, 6) is -2.02. The first-order valence-corrected chi connectivity index (χ1v) is 7.18. The van der Waals surface area contributed by atoms with E-state index < -0.39 is 22.5 Å². The number of nitrogens with zero attached hydrogens (tertiary/aromatic N) is 3. The number of aromatic nitrogens is 2. The molecule has 1 amide bonds. The average molecular weight is 346 g/mol. The molecule has 0 aliphatic carbocycles. The number of H-pyrrole nitrogens is 1. The molecule has 1 N–H and O–H groups in total. The quantitative estimate of drug-likeness (QED) is 0.580. The molecule has 0 bridgehead atoms. The molecule has 128 valence electrons. The van der Waals surface area contributed by atoms with Crippen LogP contribution in [0.3, 0.4) is 0 Å². The Hall–Kier alpha value is -3.36. The lowest BCUT2D eigenvalue weighted by molar-refractivity contribution is -0.384. The zero-order chi connectivity index (χ0) is 18.1. The number of hydrogen-bond donors (Lipinski definition) is 1. The molecule has 1 aromatic heterocycles. The van der Waals surface area contributed by atoms with Crippen molar-refractivity contribution in [1.29, 1.82) is 0 Å². The van der Waals surface area contributed by atoms with E-state index in [1.165, 1.54) is 36.2 Å². The van der Waals surface area contributed by atoms with E-state index in [1.807, 2.05) is 0 Å². The maximum atomic E-state index is 13.7. The van der Waals surface area contributed by atoms with Gasteiger partial charge in [-0.1, -0.05) is 6.07 Å². The highest BCUT2D eigenvalue weighted by atomic mass is 19.1. The second kappa shape index (κ2) is 6.27. The Bertz CT molecular complexity index is 987. The highest BCUT2D eigenvalue weighted by Gasteiger charge is 2.21. The predicted octanol–water partition coefficient (Wildman–Crippen LogP) is 3.02. The SMILES string of the molecule is CN(Cc1ccc(F)cc1F)C(=O)c1n[nH]c2ccc([N+](=O)[O-])cc12. The fraction of sp³-hybridized carbons (Fsp3) is 0.125. The van der Waals surface area contributed by atoms with E-state index in [9.17, 15) is 23.7 Å². The third-order valence-electron chi connectivity index (χ3n) is 3.73. The van der Waals surface area contributed by atoms with Crippen LogP contribution in [-0.4, -0.2) is 33.0 Å². The molecule has 3 rings (SSSR count). The lowest BCUT2D eigenvalue weighted by atomic mass is 10.1. The van der Waals surface area contributed by atoms with Crippen LogP contribution in [0.15, 0.2) is 36.4 Å². The molecular weight excluding hydrogens is 334 g/mol. The molecule has 7 nitrogen and oxygen atoms in total. The van der Waals surface area contributed by atoms with Crippen molar-refractivity contribution in [1.82, 2.24) is 15.1 Å². The van der Waals surface area contributed by atoms with Crippen molar-refractivity contribution in [2.24, 2.45) is 0 Å². The van der Waals surface area contributed by atoms with E-state index in [4.69, 9.17) is 0 Å². The molecule has 0 atom stereocenters. The molecule has 9 heteroatoms. The molecule has 0 spiro atoms. The van der Waals surface area contributed by atoms with Gasteiger partial charge >= 0.3 is 0 Å². The van der Waals surface area contributed by atoms with Crippen molar-refractivity contribution in [2.75, 3.05) is 7.05 Å². The Morgan fingerprint density at radius 2 is 2.04 bits per heavy atom. The Morgan fingerprint density at radius 1 is 1.28 bits per heavy atom. The van der Waals surface area contributed by atoms with Gasteiger partial charge in [-0.2, -0.15) is 5.10 Å². The largest absolute Gasteiger partial charge is 0.336 e. The topological polar surface area (TPSA) is 92.1 Å². The molecule has 1 heterocycles. The van der Waals surface area contributed by atoms with Crippen molar-refractivity contribution in [3.8, 4) is 0 Å². The van der Waals surface area contributed by atoms with Crippen molar-refractivity contribution in [2.45, 2.75) is 6.54 Å². The lowest BCUT2D eigenvalue weighted by Crippen LogP contribution is -2.27. The zero-order valence-corrected chi connectivity index (χ0v) is 13.0. The number of nitro benzene ring substituents is 1. The number of carbonyl (C=O) groups excluding carboxylic acids is 1. The molecule has 0 fully saturated rings. The van der Waals surface area contributed by atoms with E-state index in [0.29, 0.717) is 10.9 Å². The van der Waals surface area contributed by atoms with Gasteiger partial charge in [0, 0.05) is 42.7 Å². The molecule has 0 saturated carbocycles. The van der Waals surface area contributed by atoms with Gasteiger partial charge < -0.3 is 4.90 Å². The molecular formula is C16H12F2N4O3. The molecule has 25 heavy (non-hydrogen) atoms. The zero-order valence-electron chi connectivity index (χ0n) is 13.0. The van der Waals surface area contributed by atoms with Crippen LogP contribution in [0.5, 0.6) is 0 Å². The minimum absolute atomic E-state index is 0.0104. The second-order valence-electron chi connectivity index (χ2n) is 5.46. The van der Waals surface area contributed by atoms with Gasteiger partial charge in [-0.3, -0.25) is 20.0 Å². The van der Waals surface area contributed by atoms with Gasteiger partial charge in [0.1, 0.15) is 11.6 Å². The summed E-state index contributed by atoms with van der Waals surface area (Å²) in [7, 11) is 1.43. The van der Waals surface area contributed by atoms with Gasteiger partial charge in [0.25, 0.3) is 11.6 Å². The standard InChI is InChI=1S/C16H12F2N4O3/c1-21(8-9-2-3-10(17)6-13(9)18)16(23)15-12-7-11(22(24)25)4-5-14(12)19-20-15/h2-7H,8H2,1H3,(H,19,20). The van der Waals surface area contributed by atoms with E-state index >= 15 is 0 Å². The summed E-state index contributed by atoms with van der Waals surface area (Å²) in [6, 6.07) is 7.09. The van der Waals surface area contributed by atoms with Crippen LogP contribution in [0.2, 0.25) is 0 Å². The molecule has 2 aromatic carbocycles. The van der Waals surface area contributed by atoms with Crippen LogP contribution in [0, 0.1) is 21.7 Å². The third kappa shape index (κ3) is 3.16. The maximum absolute atomic E-state index is 13.7. The van der Waals surface area contributed by atoms with Crippen LogP contribution in [-0.2, 0) is 6.54 Å². The lowest BCUT2D eigenvalue weighted by Gasteiger charge is -2.16. The molecule has 0 unspecified atom stereocenters. The number of nitro groups is 1. The first kappa shape index (κ1) is 16.5. The van der Waals surface area contributed by atoms with Gasteiger partial charge in [-0.25, -0.2) is 8.78 Å². The van der Waals surface area contributed by atoms with Crippen LogP contribution in [0.25, 0.3) is 10.9 Å². The summed E-state index contributed by atoms with van der Waals surface area (Å²) in [6.45, 7) is -0.103. The number of carbonyl (C=O) groups is 1. The normalized spacial score (nSPS) is 10.8. The summed E-state index contributed by atoms with van der Waals surface area (Å²) in [5.41, 5.74) is 0.428. The van der Waals surface area contributed by atoms with Crippen LogP contribution >= 0.6 is 0 Å². The minimum Gasteiger partial charge on any atom is -0.336 e. The highest BCUT2D eigenvalue weighted by Crippen LogP contribution is 2.23. The number of amides is 1. The van der Waals surface area contributed by atoms with E-state index in [-0.39, 0.29) is 23.5 Å². The number of hydrogen-bond acceptors (Lipinski definition) is 4. The number of fused-ring (bicyclic) bond motifs is 1. The van der Waals surface area contributed by atoms with Crippen molar-refractivity contribution >= 4 is 22.5 Å². The van der Waals surface area contributed by atoms with Crippen LogP contribution in [0.4, 0.5) is 14.5 Å². The average Bonchev–Trinajstić information content (AvgIpc) is 2.99. The number of rotatable bonds is 4. The number of benzene rings is 2. The summed E-state index contributed by atoms with van der Waals surface area (Å²) in [5, 5.41) is 17.7. The summed E-state index contributed by atoms with van der Waals surface area (Å²) >= 11 is 0. The highest BCUT2D eigenvalue weighted by molar-refractivity contribution is 6.05. The second-order valence-corrected chi connectivity index (χ2v) is 5.46. The summed E-state index contributed by atoms with van der Waals surface area (Å²) in [4.78, 5) is 24.1. The van der Waals surface area contributed by atoms with Crippen molar-refractivity contribution in [3.63, 3.8) is 0 Å². The van der Waals surface area contributed by atoms with Gasteiger partial charge in [-0.05, 0) is 12.1 Å². The molecule has 0 aliphatic rings. The van der Waals surface area contributed by atoms with Crippen molar-refractivity contribution in [3.05, 3.63) is 69.4 Å². The molecule has 0 saturated heterocycles. The van der Waals surface area contributed by atoms with Gasteiger partial charge in [-0.15, -0.1) is 0 Å². The number of halogens is 2. The van der Waals surface area contributed by atoms with E-state index in [2.05, 4.69) is 10.2 Å². The Labute approximate surface area is 140 Å². The van der Waals surface area contributed by atoms with Crippen LogP contribution in [0.1, 0.15) is 16.1 Å². The molecule has 0 aliphatic heterocycles. The van der Waals surface area contributed by atoms with Gasteiger partial charge in [0.15, 0.2) is 5.69 Å². The van der Waals surface area contributed by atoms with Gasteiger partial charge in [0.05, 0.1) is 10.4 Å². The minimum atomic E-state index is -0.762. The monoisotopic (exact) mass is 346 g/mol. The Balaban J connectivity index is 1.90. The third-order valence-corrected chi connectivity index (χ3v) is 3.73. The van der Waals surface area contributed by atoms with Crippen molar-refractivity contribution < 1.29 is 18.5 Å². The predicted molar refractivity (Wildman–Crippen MR) is 84.9 cm³/mol. The smallest absolute Gasteiger partial charge is 0.275 e. The van der Waals surface area contributed by atoms with Gasteiger partial charge in [0.2, 0.25) is 0 Å². The molecule has 3 aromatic rings. The summed E-state index contributed by atoms with van der Waals surface area (Å²) < 4.78 is 26.7. The fourth-order valence-electron chi connectivity index (χ4n) is 2.44. The first-order chi connectivity index (χ1) is 11.9. The first-order valence-electron chi connectivity index (χ1n) is 7.18. The number of aromatic amines is 1. The number of nitrogens with one attached hydrogen (secondary N) is 1. The van der Waals surface area contributed by atoms with E-state index in [0.717, 1.165) is 12.1 Å². The summed E-state index contributed by atoms with van der Waals surface area (Å²) in [6.07, 6.45) is 0. The fourth-order valence-corrected chi connectivity index (χ4v) is 2.44. The van der Waals surface area contributed by atoms with Crippen LogP contribution < -0.4 is 0 Å². The molecule has 0 radical (unpaired) electrons. The Kier molecular flexibility index (Phi) is 4.14. The maximum Gasteiger partial charge on any atom is 0.275 e. The Morgan fingerprint density at radius 3 is 2.72 bits per heavy atom. The van der Waals surface area contributed by atoms with E-state index in [1.54, 1.807) is 0 Å².